The zero-order chi connectivity index (χ0) is 11.8. The van der Waals surface area contributed by atoms with Gasteiger partial charge in [-0.1, -0.05) is 29.8 Å². The van der Waals surface area contributed by atoms with Crippen LogP contribution in [-0.4, -0.2) is 4.98 Å². The molecule has 0 aliphatic heterocycles. The molecule has 84 valence electrons. The van der Waals surface area contributed by atoms with Crippen LogP contribution in [0.4, 0.5) is 0 Å². The molecule has 0 atom stereocenters. The van der Waals surface area contributed by atoms with Crippen molar-refractivity contribution in [1.82, 2.24) is 4.98 Å². The maximum atomic E-state index is 5.94. The van der Waals surface area contributed by atoms with Crippen LogP contribution in [0.2, 0.25) is 5.02 Å². The fraction of sp³-hybridized carbons (Fsp3) is 0.0714. The Labute approximate surface area is 104 Å². The van der Waals surface area contributed by atoms with E-state index in [0.717, 1.165) is 28.0 Å². The molecule has 0 saturated carbocycles. The monoisotopic (exact) mass is 243 g/mol. The Balaban J connectivity index is 2.22. The second-order valence-corrected chi connectivity index (χ2v) is 4.40. The first-order valence-corrected chi connectivity index (χ1v) is 5.73. The molecular weight excluding hydrogens is 234 g/mol. The molecule has 0 saturated heterocycles. The molecule has 0 amide bonds. The molecule has 3 aromatic rings. The second-order valence-electron chi connectivity index (χ2n) is 3.96. The van der Waals surface area contributed by atoms with E-state index >= 15 is 0 Å². The number of rotatable bonds is 1. The van der Waals surface area contributed by atoms with Crippen LogP contribution in [0.25, 0.3) is 22.4 Å². The van der Waals surface area contributed by atoms with Crippen molar-refractivity contribution in [2.75, 3.05) is 0 Å². The highest BCUT2D eigenvalue weighted by Gasteiger charge is 2.08. The summed E-state index contributed by atoms with van der Waals surface area (Å²) in [4.78, 5) is 4.26. The smallest absolute Gasteiger partial charge is 0.153 e. The summed E-state index contributed by atoms with van der Waals surface area (Å²) in [7, 11) is 0. The van der Waals surface area contributed by atoms with Gasteiger partial charge in [0.05, 0.1) is 0 Å². The number of aromatic nitrogens is 1. The Bertz CT molecular complexity index is 688. The molecule has 1 aromatic carbocycles. The van der Waals surface area contributed by atoms with Crippen LogP contribution in [0.1, 0.15) is 5.56 Å². The molecule has 0 fully saturated rings. The van der Waals surface area contributed by atoms with E-state index < -0.39 is 0 Å². The molecule has 0 spiro atoms. The minimum absolute atomic E-state index is 0.659. The van der Waals surface area contributed by atoms with Crippen LogP contribution in [0, 0.1) is 6.92 Å². The highest BCUT2D eigenvalue weighted by atomic mass is 35.5. The van der Waals surface area contributed by atoms with Crippen molar-refractivity contribution in [2.45, 2.75) is 6.92 Å². The molecule has 3 rings (SSSR count). The molecule has 0 aliphatic carbocycles. The Morgan fingerprint density at radius 3 is 2.82 bits per heavy atom. The van der Waals surface area contributed by atoms with Crippen molar-refractivity contribution in [3.8, 4) is 11.5 Å². The van der Waals surface area contributed by atoms with E-state index in [1.54, 1.807) is 18.3 Å². The van der Waals surface area contributed by atoms with Gasteiger partial charge in [0.25, 0.3) is 0 Å². The van der Waals surface area contributed by atoms with Crippen LogP contribution in [0.3, 0.4) is 0 Å². The van der Waals surface area contributed by atoms with E-state index in [2.05, 4.69) is 4.98 Å². The highest BCUT2D eigenvalue weighted by Crippen LogP contribution is 2.29. The first-order chi connectivity index (χ1) is 8.24. The van der Waals surface area contributed by atoms with Crippen LogP contribution in [0.15, 0.2) is 47.0 Å². The number of furan rings is 1. The minimum Gasteiger partial charge on any atom is -0.454 e. The summed E-state index contributed by atoms with van der Waals surface area (Å²) in [5, 5.41) is 1.74. The predicted molar refractivity (Wildman–Crippen MR) is 69.2 cm³/mol. The first kappa shape index (κ1) is 10.4. The van der Waals surface area contributed by atoms with Gasteiger partial charge in [-0.3, -0.25) is 4.98 Å². The molecule has 17 heavy (non-hydrogen) atoms. The molecule has 2 nitrogen and oxygen atoms in total. The highest BCUT2D eigenvalue weighted by molar-refractivity contribution is 6.30. The minimum atomic E-state index is 0.659. The molecule has 2 aromatic heterocycles. The van der Waals surface area contributed by atoms with Crippen molar-refractivity contribution in [3.63, 3.8) is 0 Å². The van der Waals surface area contributed by atoms with E-state index in [4.69, 9.17) is 16.0 Å². The molecule has 0 radical (unpaired) electrons. The van der Waals surface area contributed by atoms with Crippen molar-refractivity contribution in [3.05, 3.63) is 53.2 Å². The Morgan fingerprint density at radius 1 is 1.18 bits per heavy atom. The summed E-state index contributed by atoms with van der Waals surface area (Å²) in [5.41, 5.74) is 2.79. The normalized spacial score (nSPS) is 10.9. The topological polar surface area (TPSA) is 26.0 Å². The fourth-order valence-corrected chi connectivity index (χ4v) is 2.03. The third-order valence-corrected chi connectivity index (χ3v) is 2.95. The Morgan fingerprint density at radius 2 is 2.06 bits per heavy atom. The van der Waals surface area contributed by atoms with Crippen LogP contribution in [0.5, 0.6) is 0 Å². The number of hydrogen-bond donors (Lipinski definition) is 0. The summed E-state index contributed by atoms with van der Waals surface area (Å²) in [6.45, 7) is 2.03. The third-order valence-electron chi connectivity index (χ3n) is 2.72. The summed E-state index contributed by atoms with van der Waals surface area (Å²) in [6.07, 6.45) is 1.68. The molecule has 0 bridgehead atoms. The average Bonchev–Trinajstić information content (AvgIpc) is 2.74. The lowest BCUT2D eigenvalue weighted by molar-refractivity contribution is 0.626. The molecular formula is C14H10ClNO. The van der Waals surface area contributed by atoms with Crippen LogP contribution >= 0.6 is 11.6 Å². The zero-order valence-corrected chi connectivity index (χ0v) is 10.0. The van der Waals surface area contributed by atoms with Gasteiger partial charge >= 0.3 is 0 Å². The largest absolute Gasteiger partial charge is 0.454 e. The van der Waals surface area contributed by atoms with Gasteiger partial charge in [0.2, 0.25) is 0 Å². The number of benzene rings is 1. The van der Waals surface area contributed by atoms with E-state index in [1.807, 2.05) is 31.2 Å². The van der Waals surface area contributed by atoms with Gasteiger partial charge in [-0.15, -0.1) is 0 Å². The van der Waals surface area contributed by atoms with Gasteiger partial charge in [-0.2, -0.15) is 0 Å². The number of fused-ring (bicyclic) bond motifs is 1. The molecule has 2 heterocycles. The first-order valence-electron chi connectivity index (χ1n) is 5.35. The van der Waals surface area contributed by atoms with Gasteiger partial charge in [0.1, 0.15) is 11.3 Å². The lowest BCUT2D eigenvalue weighted by Crippen LogP contribution is -1.78. The van der Waals surface area contributed by atoms with Gasteiger partial charge in [-0.25, -0.2) is 0 Å². The predicted octanol–water partition coefficient (Wildman–Crippen LogP) is 4.46. The van der Waals surface area contributed by atoms with E-state index in [-0.39, 0.29) is 0 Å². The number of aryl methyl sites for hydroxylation is 1. The standard InChI is InChI=1S/C14H10ClNO/c1-9-3-2-4-10-7-13(17-14(9)10)12-8-11(15)5-6-16-12/h2-8H,1H3. The molecule has 3 heteroatoms. The van der Waals surface area contributed by atoms with Crippen LogP contribution < -0.4 is 0 Å². The number of halogens is 1. The Hall–Kier alpha value is -1.80. The van der Waals surface area contributed by atoms with E-state index in [1.165, 1.54) is 0 Å². The number of para-hydroxylation sites is 1. The maximum Gasteiger partial charge on any atom is 0.153 e. The lowest BCUT2D eigenvalue weighted by Gasteiger charge is -1.95. The summed E-state index contributed by atoms with van der Waals surface area (Å²) < 4.78 is 5.82. The van der Waals surface area contributed by atoms with Crippen molar-refractivity contribution < 1.29 is 4.42 Å². The third kappa shape index (κ3) is 1.81. The number of hydrogen-bond acceptors (Lipinski definition) is 2. The Kier molecular flexibility index (Phi) is 2.37. The maximum absolute atomic E-state index is 5.94. The lowest BCUT2D eigenvalue weighted by atomic mass is 10.2. The van der Waals surface area contributed by atoms with E-state index in [9.17, 15) is 0 Å². The number of nitrogens with zero attached hydrogens (tertiary/aromatic N) is 1. The van der Waals surface area contributed by atoms with Crippen molar-refractivity contribution in [1.29, 1.82) is 0 Å². The van der Waals surface area contributed by atoms with Crippen molar-refractivity contribution in [2.24, 2.45) is 0 Å². The fourth-order valence-electron chi connectivity index (χ4n) is 1.87. The second kappa shape index (κ2) is 3.90. The van der Waals surface area contributed by atoms with Gasteiger partial charge in [-0.05, 0) is 30.7 Å². The molecule has 0 N–H and O–H groups in total. The molecule has 0 aliphatic rings. The average molecular weight is 244 g/mol. The van der Waals surface area contributed by atoms with Crippen LogP contribution in [-0.2, 0) is 0 Å². The van der Waals surface area contributed by atoms with Crippen molar-refractivity contribution >= 4 is 22.6 Å². The van der Waals surface area contributed by atoms with Gasteiger partial charge in [0, 0.05) is 16.6 Å². The molecule has 0 unspecified atom stereocenters. The number of pyridine rings is 1. The van der Waals surface area contributed by atoms with Gasteiger partial charge in [0.15, 0.2) is 5.76 Å². The zero-order valence-electron chi connectivity index (χ0n) is 9.27. The summed E-state index contributed by atoms with van der Waals surface area (Å²) in [6, 6.07) is 11.6. The summed E-state index contributed by atoms with van der Waals surface area (Å²) in [5.74, 6) is 0.747. The van der Waals surface area contributed by atoms with Gasteiger partial charge < -0.3 is 4.42 Å². The van der Waals surface area contributed by atoms with E-state index in [0.29, 0.717) is 5.02 Å². The summed E-state index contributed by atoms with van der Waals surface area (Å²) >= 11 is 5.94. The quantitative estimate of drug-likeness (QED) is 0.631. The SMILES string of the molecule is Cc1cccc2cc(-c3cc(Cl)ccn3)oc12.